The van der Waals surface area contributed by atoms with Gasteiger partial charge in [-0.25, -0.2) is 0 Å². The van der Waals surface area contributed by atoms with E-state index in [0.29, 0.717) is 34.4 Å². The minimum absolute atomic E-state index is 0.0884. The summed E-state index contributed by atoms with van der Waals surface area (Å²) < 4.78 is 16.4. The van der Waals surface area contributed by atoms with Crippen LogP contribution in [0.5, 0.6) is 11.5 Å². The third kappa shape index (κ3) is 5.26. The Bertz CT molecular complexity index is 1250. The maximum absolute atomic E-state index is 13.2. The van der Waals surface area contributed by atoms with E-state index in [0.717, 1.165) is 18.4 Å². The van der Waals surface area contributed by atoms with E-state index in [9.17, 15) is 4.79 Å². The standard InChI is InChI=1S/C27H27N3O4/c1-30(18-25-28-29-26(34-25)21-15-16-23(32-2)24(17-21)33-3)27(31)22-12-8-7-11-20(22)14-13-19-9-5-4-6-10-19/h4-12,15-17H,13-14,18H2,1-3H3. The Kier molecular flexibility index (Phi) is 7.22. The van der Waals surface area contributed by atoms with Crippen molar-refractivity contribution in [1.29, 1.82) is 0 Å². The number of hydrogen-bond acceptors (Lipinski definition) is 6. The lowest BCUT2D eigenvalue weighted by atomic mass is 9.99. The molecular formula is C27H27N3O4. The fourth-order valence-electron chi connectivity index (χ4n) is 3.75. The number of hydrogen-bond donors (Lipinski definition) is 0. The average Bonchev–Trinajstić information content (AvgIpc) is 3.35. The summed E-state index contributed by atoms with van der Waals surface area (Å²) in [4.78, 5) is 14.8. The van der Waals surface area contributed by atoms with E-state index < -0.39 is 0 Å². The van der Waals surface area contributed by atoms with Crippen LogP contribution in [0.2, 0.25) is 0 Å². The molecule has 0 spiro atoms. The van der Waals surface area contributed by atoms with Crippen LogP contribution >= 0.6 is 0 Å². The van der Waals surface area contributed by atoms with Gasteiger partial charge in [0.25, 0.3) is 5.91 Å². The van der Waals surface area contributed by atoms with Crippen molar-refractivity contribution < 1.29 is 18.7 Å². The second-order valence-corrected chi connectivity index (χ2v) is 7.87. The van der Waals surface area contributed by atoms with Crippen LogP contribution in [-0.2, 0) is 19.4 Å². The van der Waals surface area contributed by atoms with Gasteiger partial charge in [0.1, 0.15) is 0 Å². The molecule has 4 rings (SSSR count). The number of amides is 1. The van der Waals surface area contributed by atoms with E-state index in [1.54, 1.807) is 38.3 Å². The second-order valence-electron chi connectivity index (χ2n) is 7.87. The normalized spacial score (nSPS) is 10.7. The van der Waals surface area contributed by atoms with Crippen LogP contribution in [0.25, 0.3) is 11.5 Å². The van der Waals surface area contributed by atoms with Crippen LogP contribution in [0.3, 0.4) is 0 Å². The minimum atomic E-state index is -0.0884. The van der Waals surface area contributed by atoms with Gasteiger partial charge >= 0.3 is 0 Å². The number of methoxy groups -OCH3 is 2. The maximum atomic E-state index is 13.2. The van der Waals surface area contributed by atoms with Crippen LogP contribution in [0, 0.1) is 0 Å². The zero-order valence-corrected chi connectivity index (χ0v) is 19.5. The van der Waals surface area contributed by atoms with Gasteiger partial charge in [0.15, 0.2) is 11.5 Å². The molecule has 1 aromatic heterocycles. The molecule has 4 aromatic rings. The SMILES string of the molecule is COc1ccc(-c2nnc(CN(C)C(=O)c3ccccc3CCc3ccccc3)o2)cc1OC. The maximum Gasteiger partial charge on any atom is 0.254 e. The van der Waals surface area contributed by atoms with Gasteiger partial charge in [-0.2, -0.15) is 0 Å². The van der Waals surface area contributed by atoms with Gasteiger partial charge in [0.2, 0.25) is 11.8 Å². The van der Waals surface area contributed by atoms with E-state index in [1.165, 1.54) is 5.56 Å². The number of carbonyl (C=O) groups is 1. The Balaban J connectivity index is 1.45. The first-order valence-electron chi connectivity index (χ1n) is 11.0. The first-order valence-corrected chi connectivity index (χ1v) is 11.0. The number of ether oxygens (including phenoxy) is 2. The highest BCUT2D eigenvalue weighted by molar-refractivity contribution is 5.95. The molecule has 34 heavy (non-hydrogen) atoms. The first kappa shape index (κ1) is 23.0. The quantitative estimate of drug-likeness (QED) is 0.359. The lowest BCUT2D eigenvalue weighted by Crippen LogP contribution is -2.27. The first-order chi connectivity index (χ1) is 16.6. The third-order valence-electron chi connectivity index (χ3n) is 5.59. The summed E-state index contributed by atoms with van der Waals surface area (Å²) in [5.74, 6) is 1.79. The fraction of sp³-hybridized carbons (Fsp3) is 0.222. The molecule has 0 bridgehead atoms. The van der Waals surface area contributed by atoms with Crippen LogP contribution < -0.4 is 9.47 Å². The summed E-state index contributed by atoms with van der Waals surface area (Å²) in [7, 11) is 4.88. The molecule has 174 valence electrons. The molecule has 0 aliphatic rings. The summed E-state index contributed by atoms with van der Waals surface area (Å²) in [6.45, 7) is 0.201. The molecule has 0 saturated heterocycles. The number of benzene rings is 3. The Hall–Kier alpha value is -4.13. The summed E-state index contributed by atoms with van der Waals surface area (Å²) in [6, 6.07) is 23.3. The molecule has 0 saturated carbocycles. The molecule has 1 heterocycles. The highest BCUT2D eigenvalue weighted by Crippen LogP contribution is 2.31. The molecule has 0 N–H and O–H groups in total. The van der Waals surface area contributed by atoms with Crippen molar-refractivity contribution in [3.05, 3.63) is 95.4 Å². The predicted molar refractivity (Wildman–Crippen MR) is 129 cm³/mol. The number of nitrogens with zero attached hydrogens (tertiary/aromatic N) is 3. The van der Waals surface area contributed by atoms with E-state index in [2.05, 4.69) is 22.3 Å². The lowest BCUT2D eigenvalue weighted by Gasteiger charge is -2.17. The van der Waals surface area contributed by atoms with Gasteiger partial charge in [-0.05, 0) is 48.2 Å². The molecule has 0 atom stereocenters. The summed E-state index contributed by atoms with van der Waals surface area (Å²) in [6.07, 6.45) is 1.65. The van der Waals surface area contributed by atoms with Gasteiger partial charge in [-0.1, -0.05) is 48.5 Å². The van der Waals surface area contributed by atoms with Crippen molar-refractivity contribution in [1.82, 2.24) is 15.1 Å². The summed E-state index contributed by atoms with van der Waals surface area (Å²) in [5.41, 5.74) is 3.64. The van der Waals surface area contributed by atoms with E-state index >= 15 is 0 Å². The van der Waals surface area contributed by atoms with Gasteiger partial charge < -0.3 is 18.8 Å². The molecule has 7 heteroatoms. The van der Waals surface area contributed by atoms with Gasteiger partial charge in [-0.3, -0.25) is 4.79 Å². The van der Waals surface area contributed by atoms with Gasteiger partial charge in [0.05, 0.1) is 20.8 Å². The zero-order chi connectivity index (χ0) is 23.9. The fourth-order valence-corrected chi connectivity index (χ4v) is 3.75. The molecule has 0 fully saturated rings. The van der Waals surface area contributed by atoms with E-state index in [4.69, 9.17) is 13.9 Å². The van der Waals surface area contributed by atoms with Crippen LogP contribution in [-0.4, -0.2) is 42.3 Å². The number of rotatable bonds is 9. The summed E-state index contributed by atoms with van der Waals surface area (Å²) in [5, 5.41) is 8.25. The number of aryl methyl sites for hydroxylation is 2. The second kappa shape index (κ2) is 10.7. The van der Waals surface area contributed by atoms with Crippen molar-refractivity contribution in [2.75, 3.05) is 21.3 Å². The highest BCUT2D eigenvalue weighted by atomic mass is 16.5. The predicted octanol–water partition coefficient (Wildman–Crippen LogP) is 4.81. The number of aromatic nitrogens is 2. The van der Waals surface area contributed by atoms with Gasteiger partial charge in [0, 0.05) is 18.2 Å². The van der Waals surface area contributed by atoms with Crippen molar-refractivity contribution >= 4 is 5.91 Å². The topological polar surface area (TPSA) is 77.7 Å². The van der Waals surface area contributed by atoms with E-state index in [-0.39, 0.29) is 12.5 Å². The van der Waals surface area contributed by atoms with Crippen molar-refractivity contribution in [2.45, 2.75) is 19.4 Å². The molecule has 3 aromatic carbocycles. The zero-order valence-electron chi connectivity index (χ0n) is 19.5. The Morgan fingerprint density at radius 2 is 1.62 bits per heavy atom. The average molecular weight is 458 g/mol. The minimum Gasteiger partial charge on any atom is -0.493 e. The molecule has 0 aliphatic carbocycles. The van der Waals surface area contributed by atoms with Crippen molar-refractivity contribution in [2.24, 2.45) is 0 Å². The Morgan fingerprint density at radius 3 is 2.38 bits per heavy atom. The Morgan fingerprint density at radius 1 is 0.882 bits per heavy atom. The van der Waals surface area contributed by atoms with Crippen molar-refractivity contribution in [3.8, 4) is 23.0 Å². The molecule has 7 nitrogen and oxygen atoms in total. The van der Waals surface area contributed by atoms with Crippen LogP contribution in [0.15, 0.2) is 77.2 Å². The highest BCUT2D eigenvalue weighted by Gasteiger charge is 2.19. The smallest absolute Gasteiger partial charge is 0.254 e. The monoisotopic (exact) mass is 457 g/mol. The van der Waals surface area contributed by atoms with Gasteiger partial charge in [-0.15, -0.1) is 10.2 Å². The van der Waals surface area contributed by atoms with Crippen LogP contribution in [0.4, 0.5) is 0 Å². The van der Waals surface area contributed by atoms with E-state index in [1.807, 2.05) is 48.5 Å². The molecular weight excluding hydrogens is 430 g/mol. The summed E-state index contributed by atoms with van der Waals surface area (Å²) >= 11 is 0. The molecule has 0 unspecified atom stereocenters. The molecule has 1 amide bonds. The molecule has 0 radical (unpaired) electrons. The largest absolute Gasteiger partial charge is 0.493 e. The third-order valence-corrected chi connectivity index (χ3v) is 5.59. The van der Waals surface area contributed by atoms with Crippen LogP contribution in [0.1, 0.15) is 27.4 Å². The van der Waals surface area contributed by atoms with Crippen molar-refractivity contribution in [3.63, 3.8) is 0 Å². The molecule has 0 aliphatic heterocycles. The lowest BCUT2D eigenvalue weighted by molar-refractivity contribution is 0.0772. The number of carbonyl (C=O) groups excluding carboxylic acids is 1. The Labute approximate surface area is 199 Å².